The second-order valence-corrected chi connectivity index (χ2v) is 3.15. The molecule has 0 aliphatic carbocycles. The van der Waals surface area contributed by atoms with Crippen LogP contribution in [0.1, 0.15) is 23.2 Å². The molecule has 0 spiro atoms. The normalized spacial score (nSPS) is 12.2. The van der Waals surface area contributed by atoms with Gasteiger partial charge in [-0.15, -0.1) is 11.6 Å². The fraction of sp³-hybridized carbons (Fsp3) is 0.375. The first-order valence-corrected chi connectivity index (χ1v) is 4.48. The van der Waals surface area contributed by atoms with Crippen molar-refractivity contribution in [2.75, 3.05) is 0 Å². The molecule has 16 heavy (non-hydrogen) atoms. The van der Waals surface area contributed by atoms with Crippen molar-refractivity contribution in [3.8, 4) is 0 Å². The van der Waals surface area contributed by atoms with Crippen LogP contribution in [0.2, 0.25) is 0 Å². The lowest BCUT2D eigenvalue weighted by Gasteiger charge is -2.12. The molecule has 1 N–H and O–H groups in total. The monoisotopic (exact) mass is 261 g/mol. The molecule has 2 nitrogen and oxygen atoms in total. The van der Waals surface area contributed by atoms with Gasteiger partial charge in [-0.05, 0) is 6.07 Å². The molecule has 0 amide bonds. The molecule has 0 saturated carbocycles. The van der Waals surface area contributed by atoms with Crippen LogP contribution in [0.4, 0.5) is 22.0 Å². The summed E-state index contributed by atoms with van der Waals surface area (Å²) in [5.41, 5.74) is -4.46. The number of alkyl halides is 6. The topological polar surface area (TPSA) is 32.9 Å². The highest BCUT2D eigenvalue weighted by molar-refractivity contribution is 6.17. The third kappa shape index (κ3) is 2.52. The number of pyridine rings is 1. The Balaban J connectivity index is 3.47. The van der Waals surface area contributed by atoms with Crippen molar-refractivity contribution >= 4 is 11.6 Å². The first-order valence-electron chi connectivity index (χ1n) is 3.94. The molecule has 1 aromatic heterocycles. The lowest BCUT2D eigenvalue weighted by molar-refractivity contribution is -0.138. The molecule has 0 saturated heterocycles. The van der Waals surface area contributed by atoms with Gasteiger partial charge in [0.25, 0.3) is 12.0 Å². The summed E-state index contributed by atoms with van der Waals surface area (Å²) in [5, 5.41) is 0. The molecule has 8 heteroatoms. The van der Waals surface area contributed by atoms with Gasteiger partial charge in [0, 0.05) is 5.69 Å². The van der Waals surface area contributed by atoms with Crippen molar-refractivity contribution in [1.29, 1.82) is 0 Å². The Morgan fingerprint density at radius 1 is 1.38 bits per heavy atom. The minimum absolute atomic E-state index is 0.126. The van der Waals surface area contributed by atoms with Crippen LogP contribution in [-0.4, -0.2) is 4.98 Å². The van der Waals surface area contributed by atoms with Crippen molar-refractivity contribution < 1.29 is 22.0 Å². The molecule has 0 radical (unpaired) electrons. The Hall–Kier alpha value is -1.11. The summed E-state index contributed by atoms with van der Waals surface area (Å²) < 4.78 is 61.6. The van der Waals surface area contributed by atoms with Gasteiger partial charge in [-0.3, -0.25) is 4.79 Å². The van der Waals surface area contributed by atoms with Crippen molar-refractivity contribution in [3.63, 3.8) is 0 Å². The summed E-state index contributed by atoms with van der Waals surface area (Å²) in [5.74, 6) is -0.617. The van der Waals surface area contributed by atoms with E-state index in [-0.39, 0.29) is 6.07 Å². The molecular weight excluding hydrogens is 257 g/mol. The maximum Gasteiger partial charge on any atom is 0.418 e. The van der Waals surface area contributed by atoms with Crippen LogP contribution >= 0.6 is 11.6 Å². The van der Waals surface area contributed by atoms with Crippen LogP contribution in [0.15, 0.2) is 10.9 Å². The smallest absolute Gasteiger partial charge is 0.324 e. The zero-order valence-electron chi connectivity index (χ0n) is 7.54. The van der Waals surface area contributed by atoms with Gasteiger partial charge in [0.05, 0.1) is 17.0 Å². The number of hydrogen-bond acceptors (Lipinski definition) is 1. The lowest BCUT2D eigenvalue weighted by atomic mass is 10.1. The summed E-state index contributed by atoms with van der Waals surface area (Å²) in [7, 11) is 0. The van der Waals surface area contributed by atoms with Crippen molar-refractivity contribution in [2.24, 2.45) is 0 Å². The number of aromatic nitrogens is 1. The van der Waals surface area contributed by atoms with Gasteiger partial charge in [-0.2, -0.15) is 13.2 Å². The van der Waals surface area contributed by atoms with Crippen LogP contribution in [0.3, 0.4) is 0 Å². The van der Waals surface area contributed by atoms with Crippen molar-refractivity contribution in [1.82, 2.24) is 4.98 Å². The van der Waals surface area contributed by atoms with Gasteiger partial charge < -0.3 is 4.98 Å². The van der Waals surface area contributed by atoms with E-state index in [1.54, 1.807) is 4.98 Å². The predicted molar refractivity (Wildman–Crippen MR) is 46.6 cm³/mol. The Bertz CT molecular complexity index is 439. The highest BCUT2D eigenvalue weighted by Crippen LogP contribution is 2.33. The van der Waals surface area contributed by atoms with E-state index in [0.717, 1.165) is 0 Å². The van der Waals surface area contributed by atoms with Gasteiger partial charge in [0.15, 0.2) is 0 Å². The minimum atomic E-state index is -4.84. The molecule has 1 rings (SSSR count). The molecule has 0 bridgehead atoms. The van der Waals surface area contributed by atoms with Crippen LogP contribution in [0.5, 0.6) is 0 Å². The van der Waals surface area contributed by atoms with Gasteiger partial charge in [0.2, 0.25) is 0 Å². The molecule has 0 fully saturated rings. The number of H-pyrrole nitrogens is 1. The molecule has 0 aromatic carbocycles. The summed E-state index contributed by atoms with van der Waals surface area (Å²) in [6, 6.07) is 0.126. The standard InChI is InChI=1S/C8H5ClF5NO/c9-2-5-4(8(12,13)14)1-3(6(10)11)7(16)15-5/h1,6H,2H2,(H,15,16). The molecular formula is C8H5ClF5NO. The van der Waals surface area contributed by atoms with E-state index in [2.05, 4.69) is 0 Å². The van der Waals surface area contributed by atoms with E-state index < -0.39 is 40.9 Å². The first-order chi connectivity index (χ1) is 7.27. The largest absolute Gasteiger partial charge is 0.418 e. The highest BCUT2D eigenvalue weighted by Gasteiger charge is 2.35. The van der Waals surface area contributed by atoms with Gasteiger partial charge in [0.1, 0.15) is 0 Å². The third-order valence-electron chi connectivity index (χ3n) is 1.83. The molecule has 0 aliphatic heterocycles. The summed E-state index contributed by atoms with van der Waals surface area (Å²) in [4.78, 5) is 12.7. The Labute approximate surface area is 91.0 Å². The van der Waals surface area contributed by atoms with Crippen LogP contribution in [0.25, 0.3) is 0 Å². The van der Waals surface area contributed by atoms with Crippen molar-refractivity contribution in [3.05, 3.63) is 33.2 Å². The highest BCUT2D eigenvalue weighted by atomic mass is 35.5. The fourth-order valence-corrected chi connectivity index (χ4v) is 1.32. The van der Waals surface area contributed by atoms with E-state index in [1.165, 1.54) is 0 Å². The zero-order valence-corrected chi connectivity index (χ0v) is 8.29. The van der Waals surface area contributed by atoms with E-state index in [4.69, 9.17) is 11.6 Å². The lowest BCUT2D eigenvalue weighted by Crippen LogP contribution is -2.20. The molecule has 0 atom stereocenters. The summed E-state index contributed by atoms with van der Waals surface area (Å²) in [6.07, 6.45) is -8.10. The summed E-state index contributed by atoms with van der Waals surface area (Å²) in [6.45, 7) is 0. The predicted octanol–water partition coefficient (Wildman–Crippen LogP) is 3.07. The average Bonchev–Trinajstić information content (AvgIpc) is 2.14. The second-order valence-electron chi connectivity index (χ2n) is 2.88. The molecule has 1 heterocycles. The number of nitrogens with one attached hydrogen (secondary N) is 1. The van der Waals surface area contributed by atoms with E-state index >= 15 is 0 Å². The zero-order chi connectivity index (χ0) is 12.5. The van der Waals surface area contributed by atoms with Crippen LogP contribution in [-0.2, 0) is 12.1 Å². The van der Waals surface area contributed by atoms with Gasteiger partial charge >= 0.3 is 6.18 Å². The number of aromatic amines is 1. The summed E-state index contributed by atoms with van der Waals surface area (Å²) >= 11 is 5.18. The van der Waals surface area contributed by atoms with Gasteiger partial charge in [-0.1, -0.05) is 0 Å². The Kier molecular flexibility index (Phi) is 3.57. The molecule has 0 aliphatic rings. The Morgan fingerprint density at radius 3 is 2.31 bits per heavy atom. The SMILES string of the molecule is O=c1[nH]c(CCl)c(C(F)(F)F)cc1C(F)F. The van der Waals surface area contributed by atoms with Crippen LogP contribution in [0, 0.1) is 0 Å². The second kappa shape index (κ2) is 4.40. The molecule has 1 aromatic rings. The molecule has 0 unspecified atom stereocenters. The molecule has 90 valence electrons. The number of rotatable bonds is 2. The minimum Gasteiger partial charge on any atom is -0.324 e. The fourth-order valence-electron chi connectivity index (χ4n) is 1.11. The van der Waals surface area contributed by atoms with Crippen molar-refractivity contribution in [2.45, 2.75) is 18.5 Å². The maximum atomic E-state index is 12.4. The van der Waals surface area contributed by atoms with E-state index in [9.17, 15) is 26.7 Å². The number of halogens is 6. The maximum absolute atomic E-state index is 12.4. The third-order valence-corrected chi connectivity index (χ3v) is 2.09. The quantitative estimate of drug-likeness (QED) is 0.644. The first kappa shape index (κ1) is 13.0. The van der Waals surface area contributed by atoms with E-state index in [1.807, 2.05) is 0 Å². The average molecular weight is 262 g/mol. The van der Waals surface area contributed by atoms with Gasteiger partial charge in [-0.25, -0.2) is 8.78 Å². The Morgan fingerprint density at radius 2 is 1.94 bits per heavy atom. The van der Waals surface area contributed by atoms with Crippen LogP contribution < -0.4 is 5.56 Å². The number of hydrogen-bond donors (Lipinski definition) is 1. The van der Waals surface area contributed by atoms with E-state index in [0.29, 0.717) is 0 Å².